The quantitative estimate of drug-likeness (QED) is 0.763. The summed E-state index contributed by atoms with van der Waals surface area (Å²) in [6.45, 7) is 1.77. The van der Waals surface area contributed by atoms with Gasteiger partial charge in [0.1, 0.15) is 0 Å². The SMILES string of the molecule is OCC(COCC1CC1)Cc1ccccc1. The van der Waals surface area contributed by atoms with Gasteiger partial charge >= 0.3 is 0 Å². The molecule has 1 aromatic carbocycles. The van der Waals surface area contributed by atoms with Crippen LogP contribution in [0.2, 0.25) is 0 Å². The average Bonchev–Trinajstić information content (AvgIpc) is 3.13. The van der Waals surface area contributed by atoms with Gasteiger partial charge in [-0.2, -0.15) is 0 Å². The maximum Gasteiger partial charge on any atom is 0.0519 e. The van der Waals surface area contributed by atoms with Crippen molar-refractivity contribution in [2.45, 2.75) is 19.3 Å². The van der Waals surface area contributed by atoms with E-state index >= 15 is 0 Å². The zero-order valence-corrected chi connectivity index (χ0v) is 9.64. The molecule has 16 heavy (non-hydrogen) atoms. The van der Waals surface area contributed by atoms with Crippen molar-refractivity contribution < 1.29 is 9.84 Å². The lowest BCUT2D eigenvalue weighted by Crippen LogP contribution is -2.17. The summed E-state index contributed by atoms with van der Waals surface area (Å²) in [6.07, 6.45) is 3.55. The first-order valence-corrected chi connectivity index (χ1v) is 6.11. The highest BCUT2D eigenvalue weighted by molar-refractivity contribution is 5.15. The molecular formula is C14H20O2. The minimum absolute atomic E-state index is 0.208. The first kappa shape index (κ1) is 11.6. The highest BCUT2D eigenvalue weighted by Gasteiger charge is 2.21. The van der Waals surface area contributed by atoms with E-state index in [2.05, 4.69) is 12.1 Å². The number of hydrogen-bond donors (Lipinski definition) is 1. The van der Waals surface area contributed by atoms with E-state index < -0.39 is 0 Å². The van der Waals surface area contributed by atoms with Crippen LogP contribution in [0.1, 0.15) is 18.4 Å². The molecular weight excluding hydrogens is 200 g/mol. The Hall–Kier alpha value is -0.860. The number of aliphatic hydroxyl groups is 1. The highest BCUT2D eigenvalue weighted by Crippen LogP contribution is 2.28. The number of aliphatic hydroxyl groups excluding tert-OH is 1. The van der Waals surface area contributed by atoms with E-state index in [-0.39, 0.29) is 12.5 Å². The molecule has 1 N–H and O–H groups in total. The second-order valence-corrected chi connectivity index (χ2v) is 4.72. The molecule has 2 nitrogen and oxygen atoms in total. The molecule has 0 saturated heterocycles. The van der Waals surface area contributed by atoms with Gasteiger partial charge in [0.2, 0.25) is 0 Å². The third-order valence-electron chi connectivity index (χ3n) is 3.03. The fourth-order valence-corrected chi connectivity index (χ4v) is 1.81. The van der Waals surface area contributed by atoms with Crippen molar-refractivity contribution in [2.24, 2.45) is 11.8 Å². The summed E-state index contributed by atoms with van der Waals surface area (Å²) < 4.78 is 5.62. The minimum atomic E-state index is 0.208. The molecule has 1 aromatic rings. The standard InChI is InChI=1S/C14H20O2/c15-9-14(11-16-10-13-6-7-13)8-12-4-2-1-3-5-12/h1-5,13-15H,6-11H2. The van der Waals surface area contributed by atoms with Gasteiger partial charge in [0.05, 0.1) is 6.61 Å². The first-order chi connectivity index (χ1) is 7.88. The molecule has 0 aromatic heterocycles. The van der Waals surface area contributed by atoms with Crippen LogP contribution in [-0.4, -0.2) is 24.9 Å². The Bertz CT molecular complexity index is 293. The summed E-state index contributed by atoms with van der Waals surface area (Å²) in [4.78, 5) is 0. The maximum atomic E-state index is 9.29. The largest absolute Gasteiger partial charge is 0.396 e. The van der Waals surface area contributed by atoms with Gasteiger partial charge in [-0.15, -0.1) is 0 Å². The second kappa shape index (κ2) is 6.02. The van der Waals surface area contributed by atoms with Gasteiger partial charge in [-0.3, -0.25) is 0 Å². The third-order valence-corrected chi connectivity index (χ3v) is 3.03. The van der Waals surface area contributed by atoms with Crippen LogP contribution in [0.25, 0.3) is 0 Å². The maximum absolute atomic E-state index is 9.29. The molecule has 2 rings (SSSR count). The Morgan fingerprint density at radius 2 is 2.00 bits per heavy atom. The van der Waals surface area contributed by atoms with E-state index in [1.807, 2.05) is 18.2 Å². The van der Waals surface area contributed by atoms with Crippen LogP contribution in [0.5, 0.6) is 0 Å². The molecule has 1 unspecified atom stereocenters. The molecule has 0 aliphatic heterocycles. The molecule has 1 aliphatic carbocycles. The molecule has 0 bridgehead atoms. The van der Waals surface area contributed by atoms with Crippen molar-refractivity contribution >= 4 is 0 Å². The smallest absolute Gasteiger partial charge is 0.0519 e. The summed E-state index contributed by atoms with van der Waals surface area (Å²) in [7, 11) is 0. The van der Waals surface area contributed by atoms with Gasteiger partial charge in [-0.05, 0) is 30.7 Å². The molecule has 1 fully saturated rings. The second-order valence-electron chi connectivity index (χ2n) is 4.72. The fraction of sp³-hybridized carbons (Fsp3) is 0.571. The molecule has 0 amide bonds. The van der Waals surface area contributed by atoms with E-state index in [1.165, 1.54) is 18.4 Å². The fourth-order valence-electron chi connectivity index (χ4n) is 1.81. The molecule has 1 aliphatic rings. The zero-order valence-electron chi connectivity index (χ0n) is 9.64. The van der Waals surface area contributed by atoms with E-state index in [9.17, 15) is 5.11 Å². The van der Waals surface area contributed by atoms with Gasteiger partial charge < -0.3 is 9.84 Å². The van der Waals surface area contributed by atoms with Crippen LogP contribution < -0.4 is 0 Å². The van der Waals surface area contributed by atoms with E-state index in [1.54, 1.807) is 0 Å². The summed E-state index contributed by atoms with van der Waals surface area (Å²) >= 11 is 0. The normalized spacial score (nSPS) is 17.3. The van der Waals surface area contributed by atoms with Crippen LogP contribution in [0.3, 0.4) is 0 Å². The number of ether oxygens (including phenoxy) is 1. The van der Waals surface area contributed by atoms with Crippen molar-refractivity contribution in [1.82, 2.24) is 0 Å². The first-order valence-electron chi connectivity index (χ1n) is 6.11. The summed E-state index contributed by atoms with van der Waals surface area (Å²) in [5.41, 5.74) is 1.27. The predicted molar refractivity (Wildman–Crippen MR) is 64.3 cm³/mol. The van der Waals surface area contributed by atoms with Crippen molar-refractivity contribution in [2.75, 3.05) is 19.8 Å². The van der Waals surface area contributed by atoms with Crippen molar-refractivity contribution in [1.29, 1.82) is 0 Å². The summed E-state index contributed by atoms with van der Waals surface area (Å²) in [5.74, 6) is 1.04. The number of benzene rings is 1. The van der Waals surface area contributed by atoms with Crippen molar-refractivity contribution in [3.63, 3.8) is 0 Å². The number of hydrogen-bond acceptors (Lipinski definition) is 2. The van der Waals surface area contributed by atoms with Crippen LogP contribution >= 0.6 is 0 Å². The van der Waals surface area contributed by atoms with Crippen LogP contribution in [-0.2, 0) is 11.2 Å². The van der Waals surface area contributed by atoms with E-state index in [4.69, 9.17) is 4.74 Å². The molecule has 1 saturated carbocycles. The monoisotopic (exact) mass is 220 g/mol. The average molecular weight is 220 g/mol. The lowest BCUT2D eigenvalue weighted by Gasteiger charge is -2.14. The van der Waals surface area contributed by atoms with Crippen LogP contribution in [0, 0.1) is 11.8 Å². The summed E-state index contributed by atoms with van der Waals surface area (Å²) in [6, 6.07) is 10.3. The topological polar surface area (TPSA) is 29.5 Å². The molecule has 0 radical (unpaired) electrons. The minimum Gasteiger partial charge on any atom is -0.396 e. The van der Waals surface area contributed by atoms with Gasteiger partial charge in [0, 0.05) is 19.1 Å². The Kier molecular flexibility index (Phi) is 4.37. The van der Waals surface area contributed by atoms with Crippen LogP contribution in [0.15, 0.2) is 30.3 Å². The van der Waals surface area contributed by atoms with E-state index in [0.29, 0.717) is 6.61 Å². The third kappa shape index (κ3) is 3.95. The Morgan fingerprint density at radius 3 is 2.62 bits per heavy atom. The predicted octanol–water partition coefficient (Wildman–Crippen LogP) is 2.26. The van der Waals surface area contributed by atoms with Crippen LogP contribution in [0.4, 0.5) is 0 Å². The van der Waals surface area contributed by atoms with E-state index in [0.717, 1.165) is 18.9 Å². The molecule has 88 valence electrons. The zero-order chi connectivity index (χ0) is 11.2. The van der Waals surface area contributed by atoms with Gasteiger partial charge in [0.15, 0.2) is 0 Å². The molecule has 2 heteroatoms. The molecule has 1 atom stereocenters. The van der Waals surface area contributed by atoms with Crippen molar-refractivity contribution in [3.05, 3.63) is 35.9 Å². The van der Waals surface area contributed by atoms with Gasteiger partial charge in [0.25, 0.3) is 0 Å². The lowest BCUT2D eigenvalue weighted by molar-refractivity contribution is 0.0669. The Balaban J connectivity index is 1.71. The summed E-state index contributed by atoms with van der Waals surface area (Å²) in [5, 5.41) is 9.29. The Labute approximate surface area is 97.3 Å². The molecule has 0 spiro atoms. The Morgan fingerprint density at radius 1 is 1.25 bits per heavy atom. The van der Waals surface area contributed by atoms with Gasteiger partial charge in [-0.1, -0.05) is 30.3 Å². The number of rotatable bonds is 7. The lowest BCUT2D eigenvalue weighted by atomic mass is 10.0. The van der Waals surface area contributed by atoms with Gasteiger partial charge in [-0.25, -0.2) is 0 Å². The van der Waals surface area contributed by atoms with Crippen molar-refractivity contribution in [3.8, 4) is 0 Å². The molecule has 0 heterocycles. The highest BCUT2D eigenvalue weighted by atomic mass is 16.5.